The number of rotatable bonds is 7. The van der Waals surface area contributed by atoms with Gasteiger partial charge in [-0.05, 0) is 12.8 Å². The second-order valence-corrected chi connectivity index (χ2v) is 4.77. The number of cyclic esters (lactones) is 1. The summed E-state index contributed by atoms with van der Waals surface area (Å²) >= 11 is 0. The molecule has 0 amide bonds. The fourth-order valence-corrected chi connectivity index (χ4v) is 2.20. The predicted molar refractivity (Wildman–Crippen MR) is 61.7 cm³/mol. The molecule has 0 aromatic carbocycles. The molecule has 2 nitrogen and oxygen atoms in total. The van der Waals surface area contributed by atoms with Crippen molar-refractivity contribution in [2.45, 2.75) is 71.3 Å². The Labute approximate surface area is 93.4 Å². The molecule has 2 unspecified atom stereocenters. The van der Waals surface area contributed by atoms with E-state index >= 15 is 0 Å². The van der Waals surface area contributed by atoms with Crippen LogP contribution in [0.15, 0.2) is 0 Å². The van der Waals surface area contributed by atoms with E-state index in [1.165, 1.54) is 38.5 Å². The van der Waals surface area contributed by atoms with E-state index in [2.05, 4.69) is 13.8 Å². The molecule has 2 heteroatoms. The summed E-state index contributed by atoms with van der Waals surface area (Å²) in [7, 11) is 0. The molecular weight excluding hydrogens is 188 g/mol. The first-order valence-electron chi connectivity index (χ1n) is 6.43. The van der Waals surface area contributed by atoms with Gasteiger partial charge in [-0.2, -0.15) is 0 Å². The van der Waals surface area contributed by atoms with E-state index in [9.17, 15) is 4.79 Å². The van der Waals surface area contributed by atoms with Crippen LogP contribution in [0.2, 0.25) is 0 Å². The van der Waals surface area contributed by atoms with Crippen LogP contribution in [0.3, 0.4) is 0 Å². The maximum Gasteiger partial charge on any atom is 0.306 e. The number of esters is 1. The van der Waals surface area contributed by atoms with Crippen LogP contribution in [0.1, 0.15) is 65.2 Å². The van der Waals surface area contributed by atoms with Crippen LogP contribution in [0, 0.1) is 5.92 Å². The van der Waals surface area contributed by atoms with Crippen LogP contribution in [-0.4, -0.2) is 12.1 Å². The average Bonchev–Trinajstić information content (AvgIpc) is 2.51. The largest absolute Gasteiger partial charge is 0.462 e. The highest BCUT2D eigenvalue weighted by atomic mass is 16.5. The van der Waals surface area contributed by atoms with Crippen molar-refractivity contribution < 1.29 is 9.53 Å². The molecule has 0 radical (unpaired) electrons. The molecule has 1 saturated heterocycles. The lowest BCUT2D eigenvalue weighted by molar-refractivity contribution is -0.141. The summed E-state index contributed by atoms with van der Waals surface area (Å²) in [6, 6.07) is 0. The normalized spacial score (nSPS) is 25.6. The molecule has 1 fully saturated rings. The van der Waals surface area contributed by atoms with Crippen molar-refractivity contribution in [3.05, 3.63) is 0 Å². The van der Waals surface area contributed by atoms with Gasteiger partial charge in [0.15, 0.2) is 0 Å². The molecule has 15 heavy (non-hydrogen) atoms. The lowest BCUT2D eigenvalue weighted by Crippen LogP contribution is -2.13. The van der Waals surface area contributed by atoms with E-state index < -0.39 is 0 Å². The Morgan fingerprint density at radius 2 is 1.87 bits per heavy atom. The molecule has 0 N–H and O–H groups in total. The number of hydrogen-bond acceptors (Lipinski definition) is 2. The smallest absolute Gasteiger partial charge is 0.306 e. The van der Waals surface area contributed by atoms with Crippen LogP contribution in [0.25, 0.3) is 0 Å². The zero-order chi connectivity index (χ0) is 11.1. The molecule has 0 aromatic heterocycles. The van der Waals surface area contributed by atoms with Crippen molar-refractivity contribution in [1.29, 1.82) is 0 Å². The Morgan fingerprint density at radius 1 is 1.20 bits per heavy atom. The van der Waals surface area contributed by atoms with Crippen molar-refractivity contribution in [3.63, 3.8) is 0 Å². The van der Waals surface area contributed by atoms with E-state index in [0.717, 1.165) is 6.42 Å². The van der Waals surface area contributed by atoms with Gasteiger partial charge in [0.05, 0.1) is 6.42 Å². The minimum absolute atomic E-state index is 0.00140. The van der Waals surface area contributed by atoms with E-state index in [1.807, 2.05) is 0 Å². The lowest BCUT2D eigenvalue weighted by Gasteiger charge is -2.12. The number of carbonyl (C=O) groups is 1. The SMILES string of the molecule is CCCCCCCCC1OC(=O)CC1C. The zero-order valence-electron chi connectivity index (χ0n) is 10.1. The maximum absolute atomic E-state index is 11.0. The first-order chi connectivity index (χ1) is 7.24. The summed E-state index contributed by atoms with van der Waals surface area (Å²) in [5.41, 5.74) is 0. The van der Waals surface area contributed by atoms with Crippen LogP contribution >= 0.6 is 0 Å². The Balaban J connectivity index is 1.98. The standard InChI is InChI=1S/C13H24O2/c1-3-4-5-6-7-8-9-12-11(2)10-13(14)15-12/h11-12H,3-10H2,1-2H3. The molecule has 1 aliphatic rings. The Bertz CT molecular complexity index is 189. The van der Waals surface area contributed by atoms with Crippen molar-refractivity contribution in [1.82, 2.24) is 0 Å². The summed E-state index contributed by atoms with van der Waals surface area (Å²) in [4.78, 5) is 11.0. The Morgan fingerprint density at radius 3 is 2.47 bits per heavy atom. The minimum Gasteiger partial charge on any atom is -0.462 e. The monoisotopic (exact) mass is 212 g/mol. The topological polar surface area (TPSA) is 26.3 Å². The number of hydrogen-bond donors (Lipinski definition) is 0. The molecule has 1 heterocycles. The molecule has 0 saturated carbocycles. The van der Waals surface area contributed by atoms with Gasteiger partial charge < -0.3 is 4.74 Å². The minimum atomic E-state index is -0.00140. The van der Waals surface area contributed by atoms with Gasteiger partial charge >= 0.3 is 5.97 Å². The molecular formula is C13H24O2. The maximum atomic E-state index is 11.0. The third-order valence-corrected chi connectivity index (χ3v) is 3.25. The molecule has 2 atom stereocenters. The summed E-state index contributed by atoms with van der Waals surface area (Å²) in [5, 5.41) is 0. The quantitative estimate of drug-likeness (QED) is 0.475. The molecule has 88 valence electrons. The van der Waals surface area contributed by atoms with Crippen molar-refractivity contribution in [2.75, 3.05) is 0 Å². The van der Waals surface area contributed by atoms with Crippen molar-refractivity contribution in [2.24, 2.45) is 5.92 Å². The van der Waals surface area contributed by atoms with Gasteiger partial charge in [0, 0.05) is 5.92 Å². The molecule has 1 aliphatic heterocycles. The summed E-state index contributed by atoms with van der Waals surface area (Å²) in [5.74, 6) is 0.437. The first kappa shape index (κ1) is 12.5. The van der Waals surface area contributed by atoms with E-state index in [0.29, 0.717) is 12.3 Å². The van der Waals surface area contributed by atoms with Gasteiger partial charge in [-0.15, -0.1) is 0 Å². The second kappa shape index (κ2) is 6.86. The van der Waals surface area contributed by atoms with Crippen molar-refractivity contribution in [3.8, 4) is 0 Å². The van der Waals surface area contributed by atoms with E-state index in [4.69, 9.17) is 4.74 Å². The third kappa shape index (κ3) is 4.67. The van der Waals surface area contributed by atoms with E-state index in [-0.39, 0.29) is 12.1 Å². The highest BCUT2D eigenvalue weighted by Gasteiger charge is 2.30. The Kier molecular flexibility index (Phi) is 5.74. The van der Waals surface area contributed by atoms with Gasteiger partial charge in [0.1, 0.15) is 6.10 Å². The summed E-state index contributed by atoms with van der Waals surface area (Å²) in [6.07, 6.45) is 9.77. The van der Waals surface area contributed by atoms with Gasteiger partial charge in [-0.3, -0.25) is 4.79 Å². The van der Waals surface area contributed by atoms with Crippen LogP contribution in [0.5, 0.6) is 0 Å². The summed E-state index contributed by atoms with van der Waals surface area (Å²) in [6.45, 7) is 4.35. The molecule has 0 bridgehead atoms. The molecule has 0 spiro atoms. The van der Waals surface area contributed by atoms with Gasteiger partial charge in [-0.1, -0.05) is 46.0 Å². The van der Waals surface area contributed by atoms with Crippen molar-refractivity contribution >= 4 is 5.97 Å². The second-order valence-electron chi connectivity index (χ2n) is 4.77. The van der Waals surface area contributed by atoms with Gasteiger partial charge in [-0.25, -0.2) is 0 Å². The van der Waals surface area contributed by atoms with Gasteiger partial charge in [0.25, 0.3) is 0 Å². The predicted octanol–water partition coefficient (Wildman–Crippen LogP) is 3.69. The third-order valence-electron chi connectivity index (χ3n) is 3.25. The Hall–Kier alpha value is -0.530. The lowest BCUT2D eigenvalue weighted by atomic mass is 9.98. The van der Waals surface area contributed by atoms with Crippen LogP contribution < -0.4 is 0 Å². The average molecular weight is 212 g/mol. The van der Waals surface area contributed by atoms with Crippen LogP contribution in [-0.2, 0) is 9.53 Å². The number of unbranched alkanes of at least 4 members (excludes halogenated alkanes) is 5. The van der Waals surface area contributed by atoms with Crippen LogP contribution in [0.4, 0.5) is 0 Å². The molecule has 0 aromatic rings. The fourth-order valence-electron chi connectivity index (χ4n) is 2.20. The first-order valence-corrected chi connectivity index (χ1v) is 6.43. The highest BCUT2D eigenvalue weighted by Crippen LogP contribution is 2.25. The van der Waals surface area contributed by atoms with Gasteiger partial charge in [0.2, 0.25) is 0 Å². The van der Waals surface area contributed by atoms with E-state index in [1.54, 1.807) is 0 Å². The summed E-state index contributed by atoms with van der Waals surface area (Å²) < 4.78 is 5.26. The number of carbonyl (C=O) groups excluding carboxylic acids is 1. The fraction of sp³-hybridized carbons (Fsp3) is 0.923. The zero-order valence-corrected chi connectivity index (χ0v) is 10.1. The molecule has 0 aliphatic carbocycles. The molecule has 1 rings (SSSR count). The number of ether oxygens (including phenoxy) is 1. The highest BCUT2D eigenvalue weighted by molar-refractivity contribution is 5.71.